The van der Waals surface area contributed by atoms with Gasteiger partial charge in [-0.2, -0.15) is 0 Å². The van der Waals surface area contributed by atoms with Crippen LogP contribution in [0.15, 0.2) is 48.7 Å². The maximum atomic E-state index is 4.30. The topological polar surface area (TPSA) is 24.9 Å². The summed E-state index contributed by atoms with van der Waals surface area (Å²) in [6.07, 6.45) is 2.90. The van der Waals surface area contributed by atoms with Gasteiger partial charge in [-0.3, -0.25) is 0 Å². The van der Waals surface area contributed by atoms with Gasteiger partial charge in [0, 0.05) is 12.7 Å². The van der Waals surface area contributed by atoms with E-state index in [0.717, 1.165) is 18.8 Å². The SMILES string of the molecule is Cc1ccc(NCCc2ccccc2)nc1. The highest BCUT2D eigenvalue weighted by molar-refractivity contribution is 5.35. The molecule has 2 heteroatoms. The molecule has 0 aliphatic heterocycles. The van der Waals surface area contributed by atoms with Gasteiger partial charge in [0.25, 0.3) is 0 Å². The summed E-state index contributed by atoms with van der Waals surface area (Å²) in [5.41, 5.74) is 2.54. The number of anilines is 1. The third-order valence-corrected chi connectivity index (χ3v) is 2.47. The second-order valence-corrected chi connectivity index (χ2v) is 3.88. The number of pyridine rings is 1. The highest BCUT2D eigenvalue weighted by atomic mass is 15.0. The molecule has 0 saturated carbocycles. The van der Waals surface area contributed by atoms with Crippen molar-refractivity contribution >= 4 is 5.82 Å². The summed E-state index contributed by atoms with van der Waals surface area (Å²) in [5.74, 6) is 0.946. The number of aromatic nitrogens is 1. The second-order valence-electron chi connectivity index (χ2n) is 3.88. The second kappa shape index (κ2) is 5.31. The molecule has 0 unspecified atom stereocenters. The Balaban J connectivity index is 1.82. The first kappa shape index (κ1) is 10.7. The smallest absolute Gasteiger partial charge is 0.125 e. The Morgan fingerprint density at radius 3 is 2.56 bits per heavy atom. The van der Waals surface area contributed by atoms with Gasteiger partial charge < -0.3 is 5.32 Å². The predicted octanol–water partition coefficient (Wildman–Crippen LogP) is 3.04. The maximum absolute atomic E-state index is 4.30. The molecule has 2 rings (SSSR count). The summed E-state index contributed by atoms with van der Waals surface area (Å²) < 4.78 is 0. The zero-order valence-corrected chi connectivity index (χ0v) is 9.48. The largest absolute Gasteiger partial charge is 0.370 e. The highest BCUT2D eigenvalue weighted by Crippen LogP contribution is 2.04. The summed E-state index contributed by atoms with van der Waals surface area (Å²) in [6.45, 7) is 2.96. The normalized spacial score (nSPS) is 10.1. The molecule has 1 aromatic heterocycles. The van der Waals surface area contributed by atoms with Crippen LogP contribution in [0.25, 0.3) is 0 Å². The Labute approximate surface area is 96.4 Å². The van der Waals surface area contributed by atoms with E-state index >= 15 is 0 Å². The van der Waals surface area contributed by atoms with Crippen LogP contribution in [-0.4, -0.2) is 11.5 Å². The van der Waals surface area contributed by atoms with E-state index in [0.29, 0.717) is 0 Å². The van der Waals surface area contributed by atoms with Crippen LogP contribution in [-0.2, 0) is 6.42 Å². The van der Waals surface area contributed by atoms with Crippen molar-refractivity contribution in [1.82, 2.24) is 4.98 Å². The predicted molar refractivity (Wildman–Crippen MR) is 67.6 cm³/mol. The number of hydrogen-bond acceptors (Lipinski definition) is 2. The molecule has 0 bridgehead atoms. The molecule has 0 atom stereocenters. The van der Waals surface area contributed by atoms with Crippen molar-refractivity contribution in [3.05, 3.63) is 59.8 Å². The molecule has 1 heterocycles. The lowest BCUT2D eigenvalue weighted by Gasteiger charge is -2.05. The van der Waals surface area contributed by atoms with Crippen molar-refractivity contribution in [3.63, 3.8) is 0 Å². The zero-order chi connectivity index (χ0) is 11.2. The first-order valence-electron chi connectivity index (χ1n) is 5.55. The van der Waals surface area contributed by atoms with Crippen molar-refractivity contribution in [3.8, 4) is 0 Å². The Hall–Kier alpha value is -1.83. The summed E-state index contributed by atoms with van der Waals surface area (Å²) >= 11 is 0. The van der Waals surface area contributed by atoms with E-state index < -0.39 is 0 Å². The van der Waals surface area contributed by atoms with Crippen molar-refractivity contribution in [2.24, 2.45) is 0 Å². The van der Waals surface area contributed by atoms with Crippen molar-refractivity contribution in [2.75, 3.05) is 11.9 Å². The number of rotatable bonds is 4. The van der Waals surface area contributed by atoms with Crippen molar-refractivity contribution < 1.29 is 0 Å². The molecule has 16 heavy (non-hydrogen) atoms. The van der Waals surface area contributed by atoms with Crippen LogP contribution in [0.3, 0.4) is 0 Å². The Morgan fingerprint density at radius 2 is 1.88 bits per heavy atom. The van der Waals surface area contributed by atoms with Crippen LogP contribution >= 0.6 is 0 Å². The Kier molecular flexibility index (Phi) is 3.54. The molecule has 1 N–H and O–H groups in total. The number of aryl methyl sites for hydroxylation is 1. The van der Waals surface area contributed by atoms with Gasteiger partial charge in [-0.25, -0.2) is 4.98 Å². The summed E-state index contributed by atoms with van der Waals surface area (Å²) in [5, 5.41) is 3.31. The molecule has 1 aromatic carbocycles. The maximum Gasteiger partial charge on any atom is 0.125 e. The van der Waals surface area contributed by atoms with Crippen LogP contribution < -0.4 is 5.32 Å². The quantitative estimate of drug-likeness (QED) is 0.842. The molecular weight excluding hydrogens is 196 g/mol. The lowest BCUT2D eigenvalue weighted by molar-refractivity contribution is 1.01. The average molecular weight is 212 g/mol. The van der Waals surface area contributed by atoms with Crippen LogP contribution in [0.1, 0.15) is 11.1 Å². The molecule has 2 aromatic rings. The Bertz CT molecular complexity index is 420. The summed E-state index contributed by atoms with van der Waals surface area (Å²) in [6, 6.07) is 14.5. The van der Waals surface area contributed by atoms with Gasteiger partial charge in [-0.1, -0.05) is 36.4 Å². The number of nitrogens with one attached hydrogen (secondary N) is 1. The monoisotopic (exact) mass is 212 g/mol. The average Bonchev–Trinajstić information content (AvgIpc) is 2.33. The first-order valence-corrected chi connectivity index (χ1v) is 5.55. The zero-order valence-electron chi connectivity index (χ0n) is 9.48. The van der Waals surface area contributed by atoms with Gasteiger partial charge in [0.1, 0.15) is 5.82 Å². The molecule has 0 aliphatic rings. The van der Waals surface area contributed by atoms with Gasteiger partial charge in [0.05, 0.1) is 0 Å². The van der Waals surface area contributed by atoms with Gasteiger partial charge >= 0.3 is 0 Å². The van der Waals surface area contributed by atoms with E-state index in [-0.39, 0.29) is 0 Å². The lowest BCUT2D eigenvalue weighted by Crippen LogP contribution is -2.05. The van der Waals surface area contributed by atoms with Crippen LogP contribution in [0.5, 0.6) is 0 Å². The number of hydrogen-bond donors (Lipinski definition) is 1. The van der Waals surface area contributed by atoms with E-state index in [1.165, 1.54) is 11.1 Å². The van der Waals surface area contributed by atoms with E-state index in [4.69, 9.17) is 0 Å². The van der Waals surface area contributed by atoms with E-state index in [1.54, 1.807) is 0 Å². The summed E-state index contributed by atoms with van der Waals surface area (Å²) in [4.78, 5) is 4.30. The fourth-order valence-corrected chi connectivity index (χ4v) is 1.55. The third-order valence-electron chi connectivity index (χ3n) is 2.47. The van der Waals surface area contributed by atoms with Crippen LogP contribution in [0.2, 0.25) is 0 Å². The van der Waals surface area contributed by atoms with E-state index in [2.05, 4.69) is 40.6 Å². The van der Waals surface area contributed by atoms with Gasteiger partial charge in [-0.15, -0.1) is 0 Å². The molecule has 0 radical (unpaired) electrons. The summed E-state index contributed by atoms with van der Waals surface area (Å²) in [7, 11) is 0. The van der Waals surface area contributed by atoms with Crippen molar-refractivity contribution in [2.45, 2.75) is 13.3 Å². The molecular formula is C14H16N2. The fourth-order valence-electron chi connectivity index (χ4n) is 1.55. The molecule has 0 amide bonds. The van der Waals surface area contributed by atoms with E-state index in [9.17, 15) is 0 Å². The molecule has 0 fully saturated rings. The Morgan fingerprint density at radius 1 is 1.06 bits per heavy atom. The molecule has 0 aliphatic carbocycles. The molecule has 82 valence electrons. The van der Waals surface area contributed by atoms with E-state index in [1.807, 2.05) is 25.3 Å². The minimum absolute atomic E-state index is 0.917. The first-order chi connectivity index (χ1) is 7.84. The van der Waals surface area contributed by atoms with Crippen molar-refractivity contribution in [1.29, 1.82) is 0 Å². The standard InChI is InChI=1S/C14H16N2/c1-12-7-8-14(16-11-12)15-10-9-13-5-3-2-4-6-13/h2-8,11H,9-10H2,1H3,(H,15,16). The van der Waals surface area contributed by atoms with Crippen LogP contribution in [0, 0.1) is 6.92 Å². The fraction of sp³-hybridized carbons (Fsp3) is 0.214. The lowest BCUT2D eigenvalue weighted by atomic mass is 10.1. The van der Waals surface area contributed by atoms with Gasteiger partial charge in [0.2, 0.25) is 0 Å². The number of benzene rings is 1. The number of nitrogens with zero attached hydrogens (tertiary/aromatic N) is 1. The van der Waals surface area contributed by atoms with Gasteiger partial charge in [0.15, 0.2) is 0 Å². The minimum atomic E-state index is 0.917. The minimum Gasteiger partial charge on any atom is -0.370 e. The van der Waals surface area contributed by atoms with Crippen LogP contribution in [0.4, 0.5) is 5.82 Å². The highest BCUT2D eigenvalue weighted by Gasteiger charge is 1.94. The molecule has 0 spiro atoms. The molecule has 0 saturated heterocycles. The van der Waals surface area contributed by atoms with Gasteiger partial charge in [-0.05, 0) is 30.5 Å². The third kappa shape index (κ3) is 3.09. The molecule has 2 nitrogen and oxygen atoms in total.